The van der Waals surface area contributed by atoms with Gasteiger partial charge in [-0.05, 0) is 6.92 Å². The second kappa shape index (κ2) is 3.23. The number of hydrogen-bond acceptors (Lipinski definition) is 3. The number of carbonyl (C=O) groups is 2. The molecule has 0 aliphatic carbocycles. The van der Waals surface area contributed by atoms with Crippen LogP contribution >= 0.6 is 0 Å². The molecule has 1 aliphatic rings. The molecule has 1 fully saturated rings. The standard InChI is InChI=1S/C6H10N2O3/c1-2-11-6(10)8-4-3-5(9)7-8/h2-4H2,1H3,(H,7,9). The first-order valence-corrected chi connectivity index (χ1v) is 3.48. The van der Waals surface area contributed by atoms with Crippen molar-refractivity contribution in [2.75, 3.05) is 13.2 Å². The molecule has 1 rings (SSSR count). The summed E-state index contributed by atoms with van der Waals surface area (Å²) < 4.78 is 4.65. The molecule has 1 saturated heterocycles. The minimum atomic E-state index is -0.488. The number of ether oxygens (including phenoxy) is 1. The van der Waals surface area contributed by atoms with Gasteiger partial charge in [0.25, 0.3) is 0 Å². The summed E-state index contributed by atoms with van der Waals surface area (Å²) in [6.45, 7) is 2.44. The van der Waals surface area contributed by atoms with Gasteiger partial charge in [-0.3, -0.25) is 10.2 Å². The van der Waals surface area contributed by atoms with Crippen molar-refractivity contribution in [3.63, 3.8) is 0 Å². The summed E-state index contributed by atoms with van der Waals surface area (Å²) >= 11 is 0. The van der Waals surface area contributed by atoms with Crippen LogP contribution in [0.15, 0.2) is 0 Å². The Hall–Kier alpha value is -1.26. The summed E-state index contributed by atoms with van der Waals surface area (Å²) in [4.78, 5) is 21.5. The van der Waals surface area contributed by atoms with Crippen molar-refractivity contribution in [2.45, 2.75) is 13.3 Å². The molecule has 62 valence electrons. The van der Waals surface area contributed by atoms with Crippen molar-refractivity contribution in [3.8, 4) is 0 Å². The average molecular weight is 158 g/mol. The molecule has 1 N–H and O–H groups in total. The molecule has 11 heavy (non-hydrogen) atoms. The number of hydrogen-bond donors (Lipinski definition) is 1. The van der Waals surface area contributed by atoms with Gasteiger partial charge in [0, 0.05) is 6.42 Å². The van der Waals surface area contributed by atoms with Crippen molar-refractivity contribution in [1.29, 1.82) is 0 Å². The van der Waals surface area contributed by atoms with E-state index in [0.717, 1.165) is 0 Å². The van der Waals surface area contributed by atoms with Crippen LogP contribution < -0.4 is 5.43 Å². The number of hydrazine groups is 1. The number of amides is 2. The van der Waals surface area contributed by atoms with Gasteiger partial charge in [0.1, 0.15) is 0 Å². The largest absolute Gasteiger partial charge is 0.448 e. The van der Waals surface area contributed by atoms with Gasteiger partial charge in [-0.2, -0.15) is 0 Å². The molecule has 0 aromatic rings. The Labute approximate surface area is 64.3 Å². The topological polar surface area (TPSA) is 58.6 Å². The maximum Gasteiger partial charge on any atom is 0.428 e. The van der Waals surface area contributed by atoms with Gasteiger partial charge >= 0.3 is 6.09 Å². The minimum absolute atomic E-state index is 0.141. The van der Waals surface area contributed by atoms with Crippen LogP contribution in [0.5, 0.6) is 0 Å². The monoisotopic (exact) mass is 158 g/mol. The van der Waals surface area contributed by atoms with E-state index in [1.54, 1.807) is 6.92 Å². The van der Waals surface area contributed by atoms with E-state index in [0.29, 0.717) is 19.6 Å². The molecule has 0 bridgehead atoms. The third kappa shape index (κ3) is 1.83. The SMILES string of the molecule is CCOC(=O)N1CCC(=O)N1. The van der Waals surface area contributed by atoms with Crippen LogP contribution in [-0.2, 0) is 9.53 Å². The Kier molecular flexibility index (Phi) is 2.30. The second-order valence-electron chi connectivity index (χ2n) is 2.14. The molecular formula is C6H10N2O3. The van der Waals surface area contributed by atoms with Gasteiger partial charge < -0.3 is 4.74 Å². The first kappa shape index (κ1) is 7.84. The molecule has 0 aromatic heterocycles. The summed E-state index contributed by atoms with van der Waals surface area (Å²) in [5.74, 6) is -0.141. The smallest absolute Gasteiger partial charge is 0.428 e. The van der Waals surface area contributed by atoms with E-state index in [9.17, 15) is 9.59 Å². The lowest BCUT2D eigenvalue weighted by Gasteiger charge is -2.13. The lowest BCUT2D eigenvalue weighted by atomic mass is 10.4. The molecule has 5 nitrogen and oxygen atoms in total. The van der Waals surface area contributed by atoms with Crippen molar-refractivity contribution in [2.24, 2.45) is 0 Å². The molecule has 2 amide bonds. The average Bonchev–Trinajstić information content (AvgIpc) is 2.36. The predicted octanol–water partition coefficient (Wildman–Crippen LogP) is -0.120. The van der Waals surface area contributed by atoms with Crippen LogP contribution in [0.25, 0.3) is 0 Å². The van der Waals surface area contributed by atoms with Crippen molar-refractivity contribution >= 4 is 12.0 Å². The van der Waals surface area contributed by atoms with E-state index in [1.807, 2.05) is 0 Å². The highest BCUT2D eigenvalue weighted by molar-refractivity contribution is 5.82. The molecule has 0 saturated carbocycles. The lowest BCUT2D eigenvalue weighted by molar-refractivity contribution is -0.120. The Morgan fingerprint density at radius 1 is 1.82 bits per heavy atom. The quantitative estimate of drug-likeness (QED) is 0.578. The molecule has 1 heterocycles. The van der Waals surface area contributed by atoms with E-state index >= 15 is 0 Å². The van der Waals surface area contributed by atoms with Gasteiger partial charge in [0.2, 0.25) is 5.91 Å². The van der Waals surface area contributed by atoms with Crippen LogP contribution in [0, 0.1) is 0 Å². The van der Waals surface area contributed by atoms with Crippen molar-refractivity contribution < 1.29 is 14.3 Å². The van der Waals surface area contributed by atoms with Gasteiger partial charge in [-0.25, -0.2) is 9.80 Å². The highest BCUT2D eigenvalue weighted by Gasteiger charge is 2.23. The van der Waals surface area contributed by atoms with E-state index < -0.39 is 6.09 Å². The molecule has 5 heteroatoms. The summed E-state index contributed by atoms with van der Waals surface area (Å²) in [7, 11) is 0. The normalized spacial score (nSPS) is 16.5. The molecule has 0 atom stereocenters. The molecular weight excluding hydrogens is 148 g/mol. The summed E-state index contributed by atoms with van der Waals surface area (Å²) in [6, 6.07) is 0. The Morgan fingerprint density at radius 3 is 3.00 bits per heavy atom. The maximum atomic E-state index is 10.9. The van der Waals surface area contributed by atoms with Crippen LogP contribution in [0.1, 0.15) is 13.3 Å². The zero-order valence-corrected chi connectivity index (χ0v) is 6.29. The molecule has 1 aliphatic heterocycles. The van der Waals surface area contributed by atoms with E-state index in [2.05, 4.69) is 10.2 Å². The third-order valence-corrected chi connectivity index (χ3v) is 1.31. The lowest BCUT2D eigenvalue weighted by Crippen LogP contribution is -2.38. The van der Waals surface area contributed by atoms with Gasteiger partial charge in [-0.1, -0.05) is 0 Å². The Balaban J connectivity index is 2.37. The summed E-state index contributed by atoms with van der Waals surface area (Å²) in [5, 5.41) is 1.17. The Morgan fingerprint density at radius 2 is 2.55 bits per heavy atom. The van der Waals surface area contributed by atoms with E-state index in [4.69, 9.17) is 0 Å². The predicted molar refractivity (Wildman–Crippen MR) is 36.5 cm³/mol. The zero-order chi connectivity index (χ0) is 8.27. The summed E-state index contributed by atoms with van der Waals surface area (Å²) in [6.07, 6.45) is -0.128. The highest BCUT2D eigenvalue weighted by Crippen LogP contribution is 1.99. The third-order valence-electron chi connectivity index (χ3n) is 1.31. The van der Waals surface area contributed by atoms with Crippen LogP contribution in [-0.4, -0.2) is 30.2 Å². The molecule has 0 aromatic carbocycles. The second-order valence-corrected chi connectivity index (χ2v) is 2.14. The maximum absolute atomic E-state index is 10.9. The minimum Gasteiger partial charge on any atom is -0.448 e. The number of nitrogens with one attached hydrogen (secondary N) is 1. The first-order valence-electron chi connectivity index (χ1n) is 3.48. The number of rotatable bonds is 1. The number of nitrogens with zero attached hydrogens (tertiary/aromatic N) is 1. The van der Waals surface area contributed by atoms with Gasteiger partial charge in [-0.15, -0.1) is 0 Å². The fourth-order valence-electron chi connectivity index (χ4n) is 0.814. The molecule has 0 unspecified atom stereocenters. The van der Waals surface area contributed by atoms with Crippen molar-refractivity contribution in [3.05, 3.63) is 0 Å². The van der Waals surface area contributed by atoms with E-state index in [1.165, 1.54) is 5.01 Å². The van der Waals surface area contributed by atoms with Gasteiger partial charge in [0.15, 0.2) is 0 Å². The van der Waals surface area contributed by atoms with Crippen LogP contribution in [0.4, 0.5) is 4.79 Å². The number of carbonyl (C=O) groups excluding carboxylic acids is 2. The molecule has 0 radical (unpaired) electrons. The fourth-order valence-corrected chi connectivity index (χ4v) is 0.814. The fraction of sp³-hybridized carbons (Fsp3) is 0.667. The van der Waals surface area contributed by atoms with E-state index in [-0.39, 0.29) is 5.91 Å². The van der Waals surface area contributed by atoms with Crippen molar-refractivity contribution in [1.82, 2.24) is 10.4 Å². The van der Waals surface area contributed by atoms with Crippen LogP contribution in [0.2, 0.25) is 0 Å². The molecule has 0 spiro atoms. The zero-order valence-electron chi connectivity index (χ0n) is 6.29. The highest BCUT2D eigenvalue weighted by atomic mass is 16.6. The van der Waals surface area contributed by atoms with Gasteiger partial charge in [0.05, 0.1) is 13.2 Å². The first-order chi connectivity index (χ1) is 5.24. The Bertz CT molecular complexity index is 181. The summed E-state index contributed by atoms with van der Waals surface area (Å²) in [5.41, 5.74) is 2.36. The van der Waals surface area contributed by atoms with Crippen LogP contribution in [0.3, 0.4) is 0 Å².